The zero-order valence-electron chi connectivity index (χ0n) is 65.2. The molecule has 4 saturated heterocycles. The fourth-order valence-electron chi connectivity index (χ4n) is 12.6. The van der Waals surface area contributed by atoms with Crippen LogP contribution in [0.5, 0.6) is 0 Å². The number of unbranched alkanes of at least 4 members (excludes halogenated alkanes) is 12. The van der Waals surface area contributed by atoms with E-state index in [0.29, 0.717) is 116 Å². The van der Waals surface area contributed by atoms with E-state index in [2.05, 4.69) is 59.3 Å². The van der Waals surface area contributed by atoms with Gasteiger partial charge in [0, 0.05) is 112 Å². The third-order valence-corrected chi connectivity index (χ3v) is 20.4. The van der Waals surface area contributed by atoms with Gasteiger partial charge in [-0.3, -0.25) is 47.7 Å². The first kappa shape index (κ1) is 99.8. The number of carbonyl (C=O) groups excluding carboxylic acids is 9. The Hall–Kier alpha value is -5.59. The number of thiol groups is 1. The Morgan fingerprint density at radius 3 is 1.09 bits per heavy atom. The van der Waals surface area contributed by atoms with Crippen LogP contribution in [0.4, 0.5) is 0 Å². The van der Waals surface area contributed by atoms with Gasteiger partial charge in [-0.2, -0.15) is 0 Å². The highest BCUT2D eigenvalue weighted by atomic mass is 32.7. The summed E-state index contributed by atoms with van der Waals surface area (Å²) in [5.41, 5.74) is -1.50. The van der Waals surface area contributed by atoms with E-state index in [1.165, 1.54) is 25.7 Å². The molecule has 650 valence electrons. The van der Waals surface area contributed by atoms with Crippen molar-refractivity contribution in [1.29, 1.82) is 0 Å². The number of amides is 9. The van der Waals surface area contributed by atoms with Crippen molar-refractivity contribution in [2.45, 2.75) is 259 Å². The van der Waals surface area contributed by atoms with Gasteiger partial charge in [0.05, 0.1) is 72.0 Å². The molecule has 0 aromatic rings. The largest absolute Gasteiger partial charge is 0.445 e. The van der Waals surface area contributed by atoms with Gasteiger partial charge in [0.2, 0.25) is 53.2 Å². The normalized spacial score (nSPS) is 25.4. The Bertz CT molecular complexity index is 2710. The minimum Gasteiger partial charge on any atom is -0.394 e. The quantitative estimate of drug-likeness (QED) is 0.0124. The van der Waals surface area contributed by atoms with Crippen LogP contribution in [-0.4, -0.2) is 327 Å². The lowest BCUT2D eigenvalue weighted by atomic mass is 9.95. The second-order valence-electron chi connectivity index (χ2n) is 28.5. The molecule has 0 radical (unpaired) electrons. The molecule has 9 amide bonds. The molecule has 0 aliphatic carbocycles. The highest BCUT2D eigenvalue weighted by Crippen LogP contribution is 2.52. The van der Waals surface area contributed by atoms with E-state index in [-0.39, 0.29) is 147 Å². The van der Waals surface area contributed by atoms with Gasteiger partial charge < -0.3 is 141 Å². The lowest BCUT2D eigenvalue weighted by molar-refractivity contribution is -0.270. The van der Waals surface area contributed by atoms with Gasteiger partial charge in [-0.15, -0.1) is 0 Å². The van der Waals surface area contributed by atoms with Crippen LogP contribution >= 0.6 is 19.0 Å². The highest BCUT2D eigenvalue weighted by molar-refractivity contribution is 8.44. The molecule has 17 N–H and O–H groups in total. The van der Waals surface area contributed by atoms with Crippen LogP contribution in [0.1, 0.15) is 162 Å². The minimum absolute atomic E-state index is 0.0464. The maximum absolute atomic E-state index is 14.3. The lowest BCUT2D eigenvalue weighted by Crippen LogP contribution is -2.64. The summed E-state index contributed by atoms with van der Waals surface area (Å²) in [4.78, 5) is 117. The van der Waals surface area contributed by atoms with Gasteiger partial charge in [-0.1, -0.05) is 57.8 Å². The summed E-state index contributed by atoms with van der Waals surface area (Å²) in [5.74, 6) is -4.13. The molecule has 16 atom stereocenters. The molecule has 0 spiro atoms. The van der Waals surface area contributed by atoms with Crippen molar-refractivity contribution in [3.8, 4) is 12.5 Å². The van der Waals surface area contributed by atoms with Crippen molar-refractivity contribution in [3.63, 3.8) is 0 Å². The number of likely N-dealkylation sites (tertiary alicyclic amines) is 1. The minimum atomic E-state index is -3.60. The average Bonchev–Trinajstić information content (AvgIpc) is 0.826. The number of aliphatic hydroxyl groups is 9. The third kappa shape index (κ3) is 39.0. The molecule has 0 bridgehead atoms. The molecule has 4 aliphatic heterocycles. The van der Waals surface area contributed by atoms with Crippen LogP contribution in [0.2, 0.25) is 0 Å². The van der Waals surface area contributed by atoms with Gasteiger partial charge in [0.15, 0.2) is 18.9 Å². The predicted octanol–water partition coefficient (Wildman–Crippen LogP) is -3.06. The average molecular weight is 1660 g/mol. The van der Waals surface area contributed by atoms with Crippen LogP contribution in [0, 0.1) is 18.4 Å². The number of hydrogen-bond acceptors (Lipinski definition) is 30. The summed E-state index contributed by atoms with van der Waals surface area (Å²) in [6.07, 6.45) is 1.62. The van der Waals surface area contributed by atoms with Crippen molar-refractivity contribution in [2.24, 2.45) is 5.92 Å². The van der Waals surface area contributed by atoms with Crippen molar-refractivity contribution in [1.82, 2.24) is 47.4 Å². The maximum Gasteiger partial charge on any atom is 0.445 e. The fourth-order valence-corrected chi connectivity index (χ4v) is 13.5. The van der Waals surface area contributed by atoms with Crippen molar-refractivity contribution < 1.29 is 145 Å². The molecule has 4 aliphatic rings. The molecule has 16 unspecified atom stereocenters. The number of aliphatic hydroxyl groups excluding tert-OH is 9. The van der Waals surface area contributed by atoms with Gasteiger partial charge in [-0.05, 0) is 70.0 Å². The molecule has 0 aromatic carbocycles. The number of terminal acetylenes is 1. The first-order chi connectivity index (χ1) is 54.1. The molecule has 113 heavy (non-hydrogen) atoms. The maximum atomic E-state index is 14.3. The van der Waals surface area contributed by atoms with Crippen molar-refractivity contribution in [3.05, 3.63) is 0 Å². The Kier molecular flexibility index (Phi) is 49.4. The first-order valence-electron chi connectivity index (χ1n) is 39.1. The van der Waals surface area contributed by atoms with Gasteiger partial charge >= 0.3 is 6.80 Å². The van der Waals surface area contributed by atoms with E-state index in [1.807, 2.05) is 0 Å². The van der Waals surface area contributed by atoms with Crippen LogP contribution in [0.25, 0.3) is 0 Å². The molecular weight excluding hydrogens is 1530 g/mol. The molecule has 4 fully saturated rings. The van der Waals surface area contributed by atoms with Gasteiger partial charge in [0.1, 0.15) is 84.7 Å². The number of hydrogen-bond donors (Lipinski definition) is 18. The van der Waals surface area contributed by atoms with Crippen molar-refractivity contribution >= 4 is 72.2 Å². The monoisotopic (exact) mass is 1660 g/mol. The van der Waals surface area contributed by atoms with E-state index in [4.69, 9.17) is 53.6 Å². The summed E-state index contributed by atoms with van der Waals surface area (Å²) >= 11 is 3.77. The summed E-state index contributed by atoms with van der Waals surface area (Å²) in [6.45, 7) is -0.777. The second kappa shape index (κ2) is 55.9. The van der Waals surface area contributed by atoms with E-state index < -0.39 is 154 Å². The van der Waals surface area contributed by atoms with E-state index in [1.54, 1.807) is 6.11 Å². The Labute approximate surface area is 665 Å². The summed E-state index contributed by atoms with van der Waals surface area (Å²) in [7, 11) is 0. The van der Waals surface area contributed by atoms with E-state index >= 15 is 0 Å². The van der Waals surface area contributed by atoms with E-state index in [9.17, 15) is 93.7 Å². The molecule has 41 heteroatoms. The topological polar surface area (TPSA) is 554 Å². The number of rotatable bonds is 60. The van der Waals surface area contributed by atoms with E-state index in [0.717, 1.165) is 12.8 Å². The second-order valence-corrected chi connectivity index (χ2v) is 31.4. The summed E-state index contributed by atoms with van der Waals surface area (Å²) in [5, 5.41) is 114. The third-order valence-electron chi connectivity index (χ3n) is 18.9. The number of ether oxygens (including phenoxy) is 9. The Morgan fingerprint density at radius 1 is 0.451 bits per heavy atom. The standard InChI is InChI=1S/C72H126N9O30PS/c1-5-107-112(100,113)108-35-21-13-9-17-28-73-54(88)23-22-24-58(92)81-39-50(40-81)68(99)80-72(44-101-36-25-55(89)74-29-14-6-10-18-32-104-69-59(77-47(2)85)65(96)62(93)51(41-82)109-69,45-102-37-26-56(90)75-30-15-7-11-19-33-105-70-60(78-48(3)86)66(97)63(94)52(42-83)110-70)46-103-38-27-57(91)76-31-16-8-12-20-34-106-71-61(79-49(4)87)67(98)64(95)53(43-84)111-71/h1,50-53,59-67,69-71,82-84,93-98H,6-46H2,2-4H3,(H,73,88)(H,74,89)(H,75,90)(H,76,91)(H,77,85)(H,78,86)(H,79,87)(H,80,99)(H,100,113). The smallest absolute Gasteiger partial charge is 0.394 e. The SMILES string of the molecule is C#COP(=O)(S)OCCCCCCNC(=O)CCCC(=O)N1CC(C(=O)NC(COCCC(=O)NCCCCCCOC2OC(CO)C(O)C(O)C2NC(C)=O)(COCCC(=O)NCCCCCCOC2OC(CO)C(O)C(O)C2NC(C)=O)COCCC(=O)NCCCCCCOC2OC(CO)C(O)C(O)C2NC(C)=O)C1. The summed E-state index contributed by atoms with van der Waals surface area (Å²) < 4.78 is 74.1. The molecule has 0 saturated carbocycles. The first-order valence-corrected chi connectivity index (χ1v) is 41.8. The molecular formula is C72H126N9O30PS. The zero-order valence-corrected chi connectivity index (χ0v) is 67.0. The van der Waals surface area contributed by atoms with Crippen LogP contribution in [0.3, 0.4) is 0 Å². The Balaban J connectivity index is 1.34. The lowest BCUT2D eigenvalue weighted by Gasteiger charge is -2.42. The molecule has 4 rings (SSSR count). The van der Waals surface area contributed by atoms with Crippen LogP contribution in [0.15, 0.2) is 0 Å². The van der Waals surface area contributed by atoms with Gasteiger partial charge in [0.25, 0.3) is 0 Å². The molecule has 39 nitrogen and oxygen atoms in total. The Morgan fingerprint density at radius 2 is 0.770 bits per heavy atom. The number of carbonyl (C=O) groups is 9. The van der Waals surface area contributed by atoms with Crippen LogP contribution < -0.4 is 42.5 Å². The van der Waals surface area contributed by atoms with Crippen LogP contribution in [-0.2, 0) is 99.4 Å². The molecule has 0 aromatic heterocycles. The zero-order chi connectivity index (χ0) is 83.1. The van der Waals surface area contributed by atoms with Gasteiger partial charge in [-0.25, -0.2) is 4.57 Å². The summed E-state index contributed by atoms with van der Waals surface area (Å²) in [6, 6.07) is -3.22. The molecule has 4 heterocycles. The van der Waals surface area contributed by atoms with Crippen molar-refractivity contribution in [2.75, 3.05) is 125 Å². The fraction of sp³-hybridized carbons (Fsp3) is 0.847. The predicted molar refractivity (Wildman–Crippen MR) is 403 cm³/mol. The number of nitrogens with zero attached hydrogens (tertiary/aromatic N) is 1. The highest BCUT2D eigenvalue weighted by Gasteiger charge is 2.48. The number of nitrogens with one attached hydrogen (secondary N) is 8.